The highest BCUT2D eigenvalue weighted by Gasteiger charge is 2.20. The molecule has 0 radical (unpaired) electrons. The Balaban J connectivity index is 2.71. The summed E-state index contributed by atoms with van der Waals surface area (Å²) < 4.78 is 4.66. The molecule has 1 amide bonds. The molecule has 0 saturated heterocycles. The van der Waals surface area contributed by atoms with E-state index < -0.39 is 12.0 Å². The molecule has 1 rings (SSSR count). The second kappa shape index (κ2) is 7.27. The van der Waals surface area contributed by atoms with E-state index in [4.69, 9.17) is 0 Å². The van der Waals surface area contributed by atoms with Crippen LogP contribution in [0.4, 0.5) is 0 Å². The predicted molar refractivity (Wildman–Crippen MR) is 69.1 cm³/mol. The van der Waals surface area contributed by atoms with Crippen LogP contribution in [-0.4, -0.2) is 25.0 Å². The van der Waals surface area contributed by atoms with E-state index >= 15 is 0 Å². The molecule has 0 fully saturated rings. The van der Waals surface area contributed by atoms with Gasteiger partial charge in [-0.2, -0.15) is 0 Å². The fourth-order valence-electron chi connectivity index (χ4n) is 1.46. The molecule has 18 heavy (non-hydrogen) atoms. The van der Waals surface area contributed by atoms with Gasteiger partial charge in [0.15, 0.2) is 0 Å². The second-order valence-corrected chi connectivity index (χ2v) is 3.72. The Morgan fingerprint density at radius 1 is 1.33 bits per heavy atom. The normalized spacial score (nSPS) is 12.1. The van der Waals surface area contributed by atoms with Crippen molar-refractivity contribution in [2.75, 3.05) is 7.11 Å². The third kappa shape index (κ3) is 4.05. The maximum atomic E-state index is 11.9. The van der Waals surface area contributed by atoms with Crippen molar-refractivity contribution in [1.29, 1.82) is 0 Å². The summed E-state index contributed by atoms with van der Waals surface area (Å²) in [4.78, 5) is 23.4. The monoisotopic (exact) mass is 247 g/mol. The van der Waals surface area contributed by atoms with Crippen LogP contribution in [0.3, 0.4) is 0 Å². The van der Waals surface area contributed by atoms with Gasteiger partial charge < -0.3 is 10.1 Å². The number of ether oxygens (including phenoxy) is 1. The molecule has 4 heteroatoms. The molecular weight excluding hydrogens is 230 g/mol. The summed E-state index contributed by atoms with van der Waals surface area (Å²) in [5.41, 5.74) is 0.520. The summed E-state index contributed by atoms with van der Waals surface area (Å²) in [7, 11) is 1.31. The SMILES string of the molecule is CC=CCC(NC(=O)c1ccccc1)C(=O)OC. The number of amides is 1. The first-order valence-electron chi connectivity index (χ1n) is 5.74. The number of esters is 1. The Morgan fingerprint density at radius 2 is 2.00 bits per heavy atom. The van der Waals surface area contributed by atoms with Gasteiger partial charge in [0.2, 0.25) is 0 Å². The molecule has 1 aromatic rings. The lowest BCUT2D eigenvalue weighted by molar-refractivity contribution is -0.142. The highest BCUT2D eigenvalue weighted by Crippen LogP contribution is 2.02. The largest absolute Gasteiger partial charge is 0.467 e. The Kier molecular flexibility index (Phi) is 5.64. The highest BCUT2D eigenvalue weighted by molar-refractivity contribution is 5.96. The summed E-state index contributed by atoms with van der Waals surface area (Å²) in [5, 5.41) is 2.65. The number of benzene rings is 1. The molecule has 1 unspecified atom stereocenters. The number of hydrogen-bond acceptors (Lipinski definition) is 3. The number of nitrogens with one attached hydrogen (secondary N) is 1. The summed E-state index contributed by atoms with van der Waals surface area (Å²) in [6.07, 6.45) is 4.05. The Bertz CT molecular complexity index is 426. The predicted octanol–water partition coefficient (Wildman–Crippen LogP) is 1.92. The molecular formula is C14H17NO3. The van der Waals surface area contributed by atoms with Crippen molar-refractivity contribution in [3.8, 4) is 0 Å². The van der Waals surface area contributed by atoms with E-state index in [-0.39, 0.29) is 5.91 Å². The lowest BCUT2D eigenvalue weighted by Gasteiger charge is -2.14. The third-order valence-corrected chi connectivity index (χ3v) is 2.43. The van der Waals surface area contributed by atoms with Gasteiger partial charge in [-0.15, -0.1) is 0 Å². The fourth-order valence-corrected chi connectivity index (χ4v) is 1.46. The Morgan fingerprint density at radius 3 is 2.56 bits per heavy atom. The van der Waals surface area contributed by atoms with Gasteiger partial charge in [-0.25, -0.2) is 4.79 Å². The third-order valence-electron chi connectivity index (χ3n) is 2.43. The van der Waals surface area contributed by atoms with Crippen LogP contribution in [0, 0.1) is 0 Å². The Labute approximate surface area is 107 Å². The average molecular weight is 247 g/mol. The van der Waals surface area contributed by atoms with Gasteiger partial charge in [-0.1, -0.05) is 30.4 Å². The van der Waals surface area contributed by atoms with Crippen LogP contribution in [0.1, 0.15) is 23.7 Å². The van der Waals surface area contributed by atoms with Crippen molar-refractivity contribution >= 4 is 11.9 Å². The van der Waals surface area contributed by atoms with Gasteiger partial charge in [-0.3, -0.25) is 4.79 Å². The zero-order valence-electron chi connectivity index (χ0n) is 10.6. The molecule has 0 spiro atoms. The van der Waals surface area contributed by atoms with Gasteiger partial charge >= 0.3 is 5.97 Å². The maximum Gasteiger partial charge on any atom is 0.328 e. The topological polar surface area (TPSA) is 55.4 Å². The van der Waals surface area contributed by atoms with Crippen LogP contribution in [-0.2, 0) is 9.53 Å². The average Bonchev–Trinajstić information content (AvgIpc) is 2.43. The van der Waals surface area contributed by atoms with Crippen LogP contribution >= 0.6 is 0 Å². The second-order valence-electron chi connectivity index (χ2n) is 3.72. The van der Waals surface area contributed by atoms with Crippen LogP contribution in [0.5, 0.6) is 0 Å². The molecule has 0 bridgehead atoms. The molecule has 0 saturated carbocycles. The number of rotatable bonds is 5. The first-order valence-corrected chi connectivity index (χ1v) is 5.74. The maximum absolute atomic E-state index is 11.9. The number of carbonyl (C=O) groups excluding carboxylic acids is 2. The molecule has 0 heterocycles. The van der Waals surface area contributed by atoms with Gasteiger partial charge in [0.05, 0.1) is 7.11 Å². The standard InChI is InChI=1S/C14H17NO3/c1-3-4-10-12(14(17)18-2)15-13(16)11-8-6-5-7-9-11/h3-9,12H,10H2,1-2H3,(H,15,16). The minimum Gasteiger partial charge on any atom is -0.467 e. The van der Waals surface area contributed by atoms with Crippen LogP contribution < -0.4 is 5.32 Å². The van der Waals surface area contributed by atoms with Gasteiger partial charge in [0.25, 0.3) is 5.91 Å². The quantitative estimate of drug-likeness (QED) is 0.639. The Hall–Kier alpha value is -2.10. The summed E-state index contributed by atoms with van der Waals surface area (Å²) >= 11 is 0. The lowest BCUT2D eigenvalue weighted by atomic mass is 10.1. The van der Waals surface area contributed by atoms with E-state index in [9.17, 15) is 9.59 Å². The number of methoxy groups -OCH3 is 1. The summed E-state index contributed by atoms with van der Waals surface area (Å²) in [5.74, 6) is -0.729. The number of hydrogen-bond donors (Lipinski definition) is 1. The van der Waals surface area contributed by atoms with Crippen molar-refractivity contribution in [2.45, 2.75) is 19.4 Å². The molecule has 1 aromatic carbocycles. The lowest BCUT2D eigenvalue weighted by Crippen LogP contribution is -2.41. The van der Waals surface area contributed by atoms with E-state index in [2.05, 4.69) is 10.1 Å². The van der Waals surface area contributed by atoms with E-state index in [1.165, 1.54) is 7.11 Å². The number of allylic oxidation sites excluding steroid dienone is 1. The van der Waals surface area contributed by atoms with E-state index in [1.807, 2.05) is 25.1 Å². The molecule has 1 atom stereocenters. The van der Waals surface area contributed by atoms with Crippen LogP contribution in [0.2, 0.25) is 0 Å². The fraction of sp³-hybridized carbons (Fsp3) is 0.286. The molecule has 0 aliphatic carbocycles. The van der Waals surface area contributed by atoms with Crippen molar-refractivity contribution in [1.82, 2.24) is 5.32 Å². The van der Waals surface area contributed by atoms with Crippen molar-refractivity contribution in [2.24, 2.45) is 0 Å². The first kappa shape index (κ1) is 14.0. The van der Waals surface area contributed by atoms with Crippen molar-refractivity contribution in [3.63, 3.8) is 0 Å². The zero-order chi connectivity index (χ0) is 13.4. The summed E-state index contributed by atoms with van der Waals surface area (Å²) in [6, 6.07) is 8.11. The van der Waals surface area contributed by atoms with E-state index in [1.54, 1.807) is 24.3 Å². The van der Waals surface area contributed by atoms with E-state index in [0.717, 1.165) is 0 Å². The van der Waals surface area contributed by atoms with E-state index in [0.29, 0.717) is 12.0 Å². The van der Waals surface area contributed by atoms with Gasteiger partial charge in [-0.05, 0) is 25.5 Å². The highest BCUT2D eigenvalue weighted by atomic mass is 16.5. The van der Waals surface area contributed by atoms with Crippen LogP contribution in [0.15, 0.2) is 42.5 Å². The molecule has 1 N–H and O–H groups in total. The molecule has 0 aliphatic rings. The van der Waals surface area contributed by atoms with Gasteiger partial charge in [0.1, 0.15) is 6.04 Å². The molecule has 96 valence electrons. The molecule has 0 aromatic heterocycles. The molecule has 4 nitrogen and oxygen atoms in total. The summed E-state index contributed by atoms with van der Waals surface area (Å²) in [6.45, 7) is 1.85. The van der Waals surface area contributed by atoms with Crippen LogP contribution in [0.25, 0.3) is 0 Å². The smallest absolute Gasteiger partial charge is 0.328 e. The van der Waals surface area contributed by atoms with Gasteiger partial charge in [0, 0.05) is 5.56 Å². The molecule has 0 aliphatic heterocycles. The van der Waals surface area contributed by atoms with Crippen molar-refractivity contribution < 1.29 is 14.3 Å². The minimum atomic E-state index is -0.654. The minimum absolute atomic E-state index is 0.282. The number of carbonyl (C=O) groups is 2. The zero-order valence-corrected chi connectivity index (χ0v) is 10.6. The first-order chi connectivity index (χ1) is 8.69. The van der Waals surface area contributed by atoms with Crippen molar-refractivity contribution in [3.05, 3.63) is 48.0 Å².